The van der Waals surface area contributed by atoms with Crippen LogP contribution in [0.2, 0.25) is 0 Å². The molecule has 7 nitrogen and oxygen atoms in total. The van der Waals surface area contributed by atoms with Crippen LogP contribution < -0.4 is 15.5 Å². The highest BCUT2D eigenvalue weighted by Gasteiger charge is 2.52. The van der Waals surface area contributed by atoms with Crippen LogP contribution in [0.4, 0.5) is 10.5 Å². The van der Waals surface area contributed by atoms with E-state index in [1.165, 1.54) is 5.69 Å². The van der Waals surface area contributed by atoms with E-state index in [0.717, 1.165) is 37.2 Å². The first kappa shape index (κ1) is 24.6. The predicted molar refractivity (Wildman–Crippen MR) is 130 cm³/mol. The lowest BCUT2D eigenvalue weighted by Crippen LogP contribution is -2.43. The maximum absolute atomic E-state index is 12.3. The number of benzene rings is 1. The van der Waals surface area contributed by atoms with E-state index in [9.17, 15) is 4.79 Å². The number of hydrogen-bond donors (Lipinski definition) is 2. The summed E-state index contributed by atoms with van der Waals surface area (Å²) in [5.41, 5.74) is 1.60. The Morgan fingerprint density at radius 2 is 1.69 bits per heavy atom. The second-order valence-electron chi connectivity index (χ2n) is 10.5. The first-order chi connectivity index (χ1) is 14.9. The first-order valence-corrected chi connectivity index (χ1v) is 11.4. The van der Waals surface area contributed by atoms with Gasteiger partial charge in [0, 0.05) is 38.4 Å². The van der Waals surface area contributed by atoms with Crippen molar-refractivity contribution in [3.05, 3.63) is 35.3 Å². The number of carbonyl (C=O) groups is 1. The quantitative estimate of drug-likeness (QED) is 0.678. The molecule has 0 aliphatic carbocycles. The van der Waals surface area contributed by atoms with Crippen LogP contribution in [0.5, 0.6) is 0 Å². The second kappa shape index (κ2) is 9.45. The van der Waals surface area contributed by atoms with Crippen LogP contribution in [0, 0.1) is 0 Å². The number of ether oxygens (including phenoxy) is 1. The fourth-order valence-corrected chi connectivity index (χ4v) is 3.60. The van der Waals surface area contributed by atoms with E-state index in [2.05, 4.69) is 39.8 Å². The van der Waals surface area contributed by atoms with E-state index in [4.69, 9.17) is 14.0 Å². The van der Waals surface area contributed by atoms with Gasteiger partial charge in [-0.05, 0) is 71.6 Å². The number of carbonyl (C=O) groups excluding carboxylic acids is 1. The fourth-order valence-electron chi connectivity index (χ4n) is 3.60. The third kappa shape index (κ3) is 6.27. The SMILES string of the molecule is CC(C)(C)OC(=O)NCC(=Cc1ccc(N2CCNCC2)cc1)B1OC(C)(C)C(C)(C)O1. The largest absolute Gasteiger partial charge is 0.492 e. The highest BCUT2D eigenvalue weighted by Crippen LogP contribution is 2.38. The summed E-state index contributed by atoms with van der Waals surface area (Å²) in [6.45, 7) is 17.9. The normalized spacial score (nSPS) is 20.9. The Labute approximate surface area is 193 Å². The molecule has 2 fully saturated rings. The first-order valence-electron chi connectivity index (χ1n) is 11.4. The Hall–Kier alpha value is -2.03. The minimum absolute atomic E-state index is 0.269. The lowest BCUT2D eigenvalue weighted by molar-refractivity contribution is 0.00578. The molecule has 0 unspecified atom stereocenters. The summed E-state index contributed by atoms with van der Waals surface area (Å²) in [5.74, 6) is 0. The number of piperazine rings is 1. The van der Waals surface area contributed by atoms with E-state index in [1.807, 2.05) is 54.5 Å². The van der Waals surface area contributed by atoms with Crippen molar-refractivity contribution in [2.24, 2.45) is 0 Å². The minimum atomic E-state index is -0.557. The summed E-state index contributed by atoms with van der Waals surface area (Å²) < 4.78 is 17.9. The van der Waals surface area contributed by atoms with Crippen molar-refractivity contribution in [1.82, 2.24) is 10.6 Å². The molecule has 0 bridgehead atoms. The monoisotopic (exact) mass is 443 g/mol. The van der Waals surface area contributed by atoms with Gasteiger partial charge in [0.25, 0.3) is 0 Å². The molecule has 2 aliphatic rings. The molecule has 8 heteroatoms. The number of hydrogen-bond acceptors (Lipinski definition) is 6. The van der Waals surface area contributed by atoms with Crippen molar-refractivity contribution in [1.29, 1.82) is 0 Å². The van der Waals surface area contributed by atoms with Gasteiger partial charge in [-0.1, -0.05) is 18.2 Å². The molecule has 0 saturated carbocycles. The lowest BCUT2D eigenvalue weighted by Gasteiger charge is -2.32. The molecule has 2 aliphatic heterocycles. The molecule has 0 atom stereocenters. The number of nitrogens with zero attached hydrogens (tertiary/aromatic N) is 1. The minimum Gasteiger partial charge on any atom is -0.444 e. The molecule has 1 aromatic carbocycles. The molecule has 0 radical (unpaired) electrons. The van der Waals surface area contributed by atoms with Gasteiger partial charge in [0.2, 0.25) is 0 Å². The number of amides is 1. The molecular weight excluding hydrogens is 405 g/mol. The Balaban J connectivity index is 1.78. The van der Waals surface area contributed by atoms with Crippen LogP contribution in [0.1, 0.15) is 54.0 Å². The standard InChI is InChI=1S/C24H38BN3O4/c1-22(2,3)30-21(29)27-17-19(25-31-23(4,5)24(6,7)32-25)16-18-8-10-20(11-9-18)28-14-12-26-13-15-28/h8-11,16,26H,12-15,17H2,1-7H3,(H,27,29). The summed E-state index contributed by atoms with van der Waals surface area (Å²) in [7, 11) is -0.553. The third-order valence-electron chi connectivity index (χ3n) is 6.12. The summed E-state index contributed by atoms with van der Waals surface area (Å²) in [5, 5.41) is 6.23. The lowest BCUT2D eigenvalue weighted by atomic mass is 9.77. The smallest absolute Gasteiger partial charge is 0.444 e. The maximum Gasteiger partial charge on any atom is 0.492 e. The van der Waals surface area contributed by atoms with Gasteiger partial charge >= 0.3 is 13.2 Å². The van der Waals surface area contributed by atoms with Crippen molar-refractivity contribution >= 4 is 25.0 Å². The molecule has 1 amide bonds. The Morgan fingerprint density at radius 1 is 1.12 bits per heavy atom. The second-order valence-corrected chi connectivity index (χ2v) is 10.5. The van der Waals surface area contributed by atoms with Gasteiger partial charge in [0.05, 0.1) is 11.2 Å². The van der Waals surface area contributed by atoms with Gasteiger partial charge in [-0.3, -0.25) is 0 Å². The maximum atomic E-state index is 12.3. The van der Waals surface area contributed by atoms with Gasteiger partial charge in [0.1, 0.15) is 5.60 Å². The predicted octanol–water partition coefficient (Wildman–Crippen LogP) is 3.64. The van der Waals surface area contributed by atoms with Gasteiger partial charge in [-0.2, -0.15) is 0 Å². The van der Waals surface area contributed by atoms with Gasteiger partial charge < -0.3 is 29.6 Å². The summed E-state index contributed by atoms with van der Waals surface area (Å²) in [4.78, 5) is 14.6. The van der Waals surface area contributed by atoms with Crippen LogP contribution >= 0.6 is 0 Å². The molecule has 32 heavy (non-hydrogen) atoms. The Morgan fingerprint density at radius 3 is 2.22 bits per heavy atom. The highest BCUT2D eigenvalue weighted by molar-refractivity contribution is 6.56. The van der Waals surface area contributed by atoms with Crippen LogP contribution in [0.3, 0.4) is 0 Å². The van der Waals surface area contributed by atoms with Crippen LogP contribution in [-0.2, 0) is 14.0 Å². The molecule has 1 aromatic rings. The van der Waals surface area contributed by atoms with Crippen molar-refractivity contribution in [2.75, 3.05) is 37.6 Å². The number of alkyl carbamates (subject to hydrolysis) is 1. The highest BCUT2D eigenvalue weighted by atomic mass is 16.7. The van der Waals surface area contributed by atoms with Crippen LogP contribution in [-0.4, -0.2) is 62.7 Å². The van der Waals surface area contributed by atoms with E-state index >= 15 is 0 Å². The molecule has 2 saturated heterocycles. The van der Waals surface area contributed by atoms with E-state index < -0.39 is 30.0 Å². The average Bonchev–Trinajstić information content (AvgIpc) is 2.92. The van der Waals surface area contributed by atoms with Crippen molar-refractivity contribution in [3.63, 3.8) is 0 Å². The summed E-state index contributed by atoms with van der Waals surface area (Å²) in [6.07, 6.45) is 1.56. The number of rotatable bonds is 5. The number of anilines is 1. The van der Waals surface area contributed by atoms with E-state index in [1.54, 1.807) is 0 Å². The Kier molecular flexibility index (Phi) is 7.27. The summed E-state index contributed by atoms with van der Waals surface area (Å²) >= 11 is 0. The topological polar surface area (TPSA) is 72.1 Å². The fraction of sp³-hybridized carbons (Fsp3) is 0.625. The van der Waals surface area contributed by atoms with Gasteiger partial charge in [-0.15, -0.1) is 0 Å². The van der Waals surface area contributed by atoms with E-state index in [-0.39, 0.29) is 6.54 Å². The Bertz CT molecular complexity index is 809. The van der Waals surface area contributed by atoms with Crippen LogP contribution in [0.25, 0.3) is 6.08 Å². The zero-order valence-electron chi connectivity index (χ0n) is 20.6. The van der Waals surface area contributed by atoms with Crippen molar-refractivity contribution < 1.29 is 18.8 Å². The van der Waals surface area contributed by atoms with Gasteiger partial charge in [0.15, 0.2) is 0 Å². The third-order valence-corrected chi connectivity index (χ3v) is 6.12. The molecule has 2 heterocycles. The molecule has 0 aromatic heterocycles. The van der Waals surface area contributed by atoms with Gasteiger partial charge in [-0.25, -0.2) is 4.79 Å². The number of nitrogens with one attached hydrogen (secondary N) is 2. The average molecular weight is 443 g/mol. The van der Waals surface area contributed by atoms with E-state index in [0.29, 0.717) is 0 Å². The molecule has 3 rings (SSSR count). The van der Waals surface area contributed by atoms with Crippen LogP contribution in [0.15, 0.2) is 29.7 Å². The molecular formula is C24H38BN3O4. The van der Waals surface area contributed by atoms with Crippen molar-refractivity contribution in [2.45, 2.75) is 65.3 Å². The van der Waals surface area contributed by atoms with Crippen molar-refractivity contribution in [3.8, 4) is 0 Å². The zero-order chi connectivity index (χ0) is 23.6. The summed E-state index contributed by atoms with van der Waals surface area (Å²) in [6, 6.07) is 8.47. The molecule has 0 spiro atoms. The molecule has 2 N–H and O–H groups in total. The zero-order valence-corrected chi connectivity index (χ0v) is 20.6. The molecule has 176 valence electrons.